The standard InChI is InChI=1S/C18H18F3N5O/c1-22-16-13(18(19,20)21)10-25-17-15(16)12(9-24-17)14-8-11(2-3-23-14)26-4-6-27-7-5-26/h2-3,8-10H,4-7H2,1H3,(H2,22,24,25). The largest absolute Gasteiger partial charge is 0.419 e. The van der Waals surface area contributed by atoms with Gasteiger partial charge in [-0.3, -0.25) is 4.98 Å². The molecule has 1 aliphatic heterocycles. The maximum Gasteiger partial charge on any atom is 0.419 e. The maximum atomic E-state index is 13.4. The monoisotopic (exact) mass is 377 g/mol. The molecule has 0 radical (unpaired) electrons. The number of ether oxygens (including phenoxy) is 1. The number of nitrogens with zero attached hydrogens (tertiary/aromatic N) is 3. The van der Waals surface area contributed by atoms with E-state index in [1.807, 2.05) is 12.1 Å². The fourth-order valence-corrected chi connectivity index (χ4v) is 3.36. The lowest BCUT2D eigenvalue weighted by atomic mass is 10.1. The molecule has 27 heavy (non-hydrogen) atoms. The molecular weight excluding hydrogens is 359 g/mol. The van der Waals surface area contributed by atoms with Crippen molar-refractivity contribution in [2.75, 3.05) is 43.6 Å². The normalized spacial score (nSPS) is 15.3. The highest BCUT2D eigenvalue weighted by Crippen LogP contribution is 2.41. The zero-order valence-electron chi connectivity index (χ0n) is 14.6. The summed E-state index contributed by atoms with van der Waals surface area (Å²) in [4.78, 5) is 13.4. The first-order chi connectivity index (χ1) is 13.0. The fourth-order valence-electron chi connectivity index (χ4n) is 3.36. The summed E-state index contributed by atoms with van der Waals surface area (Å²) in [7, 11) is 1.47. The summed E-state index contributed by atoms with van der Waals surface area (Å²) >= 11 is 0. The van der Waals surface area contributed by atoms with Crippen LogP contribution in [0.5, 0.6) is 0 Å². The van der Waals surface area contributed by atoms with Gasteiger partial charge in [0.1, 0.15) is 5.65 Å². The van der Waals surface area contributed by atoms with Crippen LogP contribution in [-0.2, 0) is 10.9 Å². The van der Waals surface area contributed by atoms with Crippen LogP contribution in [0.15, 0.2) is 30.7 Å². The van der Waals surface area contributed by atoms with Crippen LogP contribution < -0.4 is 10.2 Å². The Balaban J connectivity index is 1.85. The van der Waals surface area contributed by atoms with Crippen molar-refractivity contribution in [3.05, 3.63) is 36.3 Å². The van der Waals surface area contributed by atoms with Gasteiger partial charge >= 0.3 is 6.18 Å². The zero-order chi connectivity index (χ0) is 19.0. The lowest BCUT2D eigenvalue weighted by Crippen LogP contribution is -2.36. The Morgan fingerprint density at radius 3 is 2.70 bits per heavy atom. The number of nitrogens with one attached hydrogen (secondary N) is 2. The number of rotatable bonds is 3. The summed E-state index contributed by atoms with van der Waals surface area (Å²) in [6.07, 6.45) is -0.355. The van der Waals surface area contributed by atoms with E-state index in [0.717, 1.165) is 25.0 Å². The first kappa shape index (κ1) is 17.6. The molecule has 1 fully saturated rings. The second-order valence-corrected chi connectivity index (χ2v) is 6.22. The lowest BCUT2D eigenvalue weighted by Gasteiger charge is -2.29. The van der Waals surface area contributed by atoms with Gasteiger partial charge in [-0.25, -0.2) is 4.98 Å². The van der Waals surface area contributed by atoms with Crippen LogP contribution in [0.3, 0.4) is 0 Å². The number of pyridine rings is 2. The van der Waals surface area contributed by atoms with Crippen molar-refractivity contribution in [2.45, 2.75) is 6.18 Å². The third-order valence-electron chi connectivity index (χ3n) is 4.65. The van der Waals surface area contributed by atoms with Crippen molar-refractivity contribution < 1.29 is 17.9 Å². The molecular formula is C18H18F3N5O. The van der Waals surface area contributed by atoms with Crippen molar-refractivity contribution in [1.82, 2.24) is 15.0 Å². The van der Waals surface area contributed by atoms with Crippen molar-refractivity contribution >= 4 is 22.4 Å². The molecule has 6 nitrogen and oxygen atoms in total. The van der Waals surface area contributed by atoms with E-state index in [4.69, 9.17) is 4.74 Å². The van der Waals surface area contributed by atoms with Gasteiger partial charge < -0.3 is 19.9 Å². The molecule has 0 spiro atoms. The molecule has 9 heteroatoms. The van der Waals surface area contributed by atoms with Crippen LogP contribution in [0.4, 0.5) is 24.5 Å². The highest BCUT2D eigenvalue weighted by atomic mass is 19.4. The molecule has 0 bridgehead atoms. The van der Waals surface area contributed by atoms with Gasteiger partial charge in [-0.2, -0.15) is 13.2 Å². The van der Waals surface area contributed by atoms with E-state index in [9.17, 15) is 13.2 Å². The summed E-state index contributed by atoms with van der Waals surface area (Å²) in [6, 6.07) is 3.77. The van der Waals surface area contributed by atoms with Crippen LogP contribution in [-0.4, -0.2) is 48.3 Å². The molecule has 0 atom stereocenters. The number of alkyl halides is 3. The minimum Gasteiger partial charge on any atom is -0.387 e. The van der Waals surface area contributed by atoms with E-state index in [-0.39, 0.29) is 5.69 Å². The quantitative estimate of drug-likeness (QED) is 0.731. The lowest BCUT2D eigenvalue weighted by molar-refractivity contribution is -0.137. The predicted octanol–water partition coefficient (Wildman–Crippen LogP) is 3.52. The number of halogens is 3. The Hall–Kier alpha value is -2.81. The van der Waals surface area contributed by atoms with Gasteiger partial charge in [0.2, 0.25) is 0 Å². The summed E-state index contributed by atoms with van der Waals surface area (Å²) < 4.78 is 45.5. The number of aromatic nitrogens is 3. The van der Waals surface area contributed by atoms with Crippen LogP contribution in [0.25, 0.3) is 22.3 Å². The fraction of sp³-hybridized carbons (Fsp3) is 0.333. The van der Waals surface area contributed by atoms with Gasteiger partial charge in [0.05, 0.1) is 35.5 Å². The molecule has 0 saturated carbocycles. The van der Waals surface area contributed by atoms with Crippen molar-refractivity contribution in [1.29, 1.82) is 0 Å². The predicted molar refractivity (Wildman–Crippen MR) is 96.9 cm³/mol. The highest BCUT2D eigenvalue weighted by molar-refractivity contribution is 6.03. The van der Waals surface area contributed by atoms with E-state index in [1.165, 1.54) is 7.05 Å². The maximum absolute atomic E-state index is 13.4. The minimum absolute atomic E-state index is 0.0117. The van der Waals surface area contributed by atoms with Gasteiger partial charge in [0.15, 0.2) is 0 Å². The molecule has 0 aliphatic carbocycles. The summed E-state index contributed by atoms with van der Waals surface area (Å²) in [5.41, 5.74) is 1.68. The van der Waals surface area contributed by atoms with Crippen LogP contribution in [0, 0.1) is 0 Å². The molecule has 1 aliphatic rings. The average molecular weight is 377 g/mol. The molecule has 3 aromatic heterocycles. The molecule has 1 saturated heterocycles. The molecule has 3 aromatic rings. The van der Waals surface area contributed by atoms with Gasteiger partial charge in [-0.15, -0.1) is 0 Å². The summed E-state index contributed by atoms with van der Waals surface area (Å²) in [5.74, 6) is 0. The van der Waals surface area contributed by atoms with Gasteiger partial charge in [0, 0.05) is 50.0 Å². The number of morpholine rings is 1. The van der Waals surface area contributed by atoms with Gasteiger partial charge in [-0.05, 0) is 12.1 Å². The Kier molecular flexibility index (Phi) is 4.39. The van der Waals surface area contributed by atoms with Crippen LogP contribution in [0.1, 0.15) is 5.56 Å². The number of anilines is 2. The smallest absolute Gasteiger partial charge is 0.387 e. The minimum atomic E-state index is -4.50. The SMILES string of the molecule is CNc1c(C(F)(F)F)cnc2[nH]cc(-c3cc(N4CCOCC4)ccn3)c12. The number of fused-ring (bicyclic) bond motifs is 1. The Bertz CT molecular complexity index is 963. The number of H-pyrrole nitrogens is 1. The number of aromatic amines is 1. The third kappa shape index (κ3) is 3.18. The molecule has 4 rings (SSSR count). The molecule has 0 aromatic carbocycles. The molecule has 4 heterocycles. The molecule has 2 N–H and O–H groups in total. The van der Waals surface area contributed by atoms with E-state index < -0.39 is 11.7 Å². The van der Waals surface area contributed by atoms with E-state index in [2.05, 4.69) is 25.2 Å². The average Bonchev–Trinajstić information content (AvgIpc) is 3.11. The first-order valence-electron chi connectivity index (χ1n) is 8.53. The van der Waals surface area contributed by atoms with Crippen LogP contribution >= 0.6 is 0 Å². The van der Waals surface area contributed by atoms with E-state index >= 15 is 0 Å². The van der Waals surface area contributed by atoms with Crippen LogP contribution in [0.2, 0.25) is 0 Å². The molecule has 142 valence electrons. The molecule has 0 amide bonds. The van der Waals surface area contributed by atoms with Gasteiger partial charge in [-0.1, -0.05) is 0 Å². The van der Waals surface area contributed by atoms with E-state index in [0.29, 0.717) is 35.5 Å². The second-order valence-electron chi connectivity index (χ2n) is 6.22. The number of hydrogen-bond acceptors (Lipinski definition) is 5. The Morgan fingerprint density at radius 2 is 2.00 bits per heavy atom. The first-order valence-corrected chi connectivity index (χ1v) is 8.53. The van der Waals surface area contributed by atoms with E-state index in [1.54, 1.807) is 12.4 Å². The topological polar surface area (TPSA) is 66.1 Å². The Morgan fingerprint density at radius 1 is 1.22 bits per heavy atom. The highest BCUT2D eigenvalue weighted by Gasteiger charge is 2.35. The number of hydrogen-bond donors (Lipinski definition) is 2. The van der Waals surface area contributed by atoms with Crippen molar-refractivity contribution in [3.63, 3.8) is 0 Å². The Labute approximate surface area is 153 Å². The summed E-state index contributed by atoms with van der Waals surface area (Å²) in [5, 5.41) is 3.06. The zero-order valence-corrected chi connectivity index (χ0v) is 14.6. The van der Waals surface area contributed by atoms with Crippen molar-refractivity contribution in [3.8, 4) is 11.3 Å². The summed E-state index contributed by atoms with van der Waals surface area (Å²) in [6.45, 7) is 2.82. The third-order valence-corrected chi connectivity index (χ3v) is 4.65. The second kappa shape index (κ2) is 6.73. The van der Waals surface area contributed by atoms with Gasteiger partial charge in [0.25, 0.3) is 0 Å². The van der Waals surface area contributed by atoms with Crippen molar-refractivity contribution in [2.24, 2.45) is 0 Å². The molecule has 0 unspecified atom stereocenters.